The molecule has 1 heterocycles. The smallest absolute Gasteiger partial charge is 0.226 e. The summed E-state index contributed by atoms with van der Waals surface area (Å²) in [7, 11) is 0. The lowest BCUT2D eigenvalue weighted by atomic mass is 10.0. The van der Waals surface area contributed by atoms with Gasteiger partial charge in [-0.15, -0.1) is 0 Å². The van der Waals surface area contributed by atoms with Crippen LogP contribution in [0.25, 0.3) is 11.3 Å². The summed E-state index contributed by atoms with van der Waals surface area (Å²) in [6, 6.07) is 7.40. The fourth-order valence-electron chi connectivity index (χ4n) is 1.73. The molecule has 2 rings (SSSR count). The molecule has 0 atom stereocenters. The highest BCUT2D eigenvalue weighted by molar-refractivity contribution is 5.92. The van der Waals surface area contributed by atoms with Crippen LogP contribution in [0.15, 0.2) is 41.3 Å². The Morgan fingerprint density at radius 3 is 2.89 bits per heavy atom. The number of amides is 1. The molecule has 0 aliphatic carbocycles. The van der Waals surface area contributed by atoms with E-state index in [-0.39, 0.29) is 12.3 Å². The van der Waals surface area contributed by atoms with Crippen molar-refractivity contribution in [3.05, 3.63) is 36.9 Å². The Morgan fingerprint density at radius 1 is 1.47 bits per heavy atom. The van der Waals surface area contributed by atoms with E-state index in [1.165, 1.54) is 6.39 Å². The molecule has 0 aliphatic rings. The Morgan fingerprint density at radius 2 is 2.26 bits per heavy atom. The summed E-state index contributed by atoms with van der Waals surface area (Å²) in [6.07, 6.45) is 3.26. The molecule has 1 aromatic heterocycles. The van der Waals surface area contributed by atoms with Gasteiger partial charge in [0, 0.05) is 23.2 Å². The van der Waals surface area contributed by atoms with Gasteiger partial charge in [0.2, 0.25) is 5.91 Å². The van der Waals surface area contributed by atoms with Gasteiger partial charge < -0.3 is 15.5 Å². The first-order valence-electron chi connectivity index (χ1n) is 6.02. The highest BCUT2D eigenvalue weighted by atomic mass is 16.3. The predicted molar refractivity (Wildman–Crippen MR) is 73.5 cm³/mol. The summed E-state index contributed by atoms with van der Waals surface area (Å²) in [6.45, 7) is 3.63. The number of nitrogens with two attached hydrogens (primary N) is 1. The van der Waals surface area contributed by atoms with Gasteiger partial charge in [0.05, 0.1) is 6.20 Å². The van der Waals surface area contributed by atoms with Crippen molar-refractivity contribution < 1.29 is 9.21 Å². The minimum absolute atomic E-state index is 0.109. The molecule has 5 nitrogen and oxygen atoms in total. The van der Waals surface area contributed by atoms with Crippen LogP contribution >= 0.6 is 0 Å². The lowest BCUT2D eigenvalue weighted by molar-refractivity contribution is -0.117. The van der Waals surface area contributed by atoms with Gasteiger partial charge in [0.1, 0.15) is 0 Å². The Kier molecular flexibility index (Phi) is 3.66. The SMILES string of the molecule is CC(C)(N)CC(=O)Nc1cccc(-c2cnco2)c1. The Labute approximate surface area is 111 Å². The summed E-state index contributed by atoms with van der Waals surface area (Å²) in [5.74, 6) is 0.553. The van der Waals surface area contributed by atoms with E-state index in [0.29, 0.717) is 11.4 Å². The van der Waals surface area contributed by atoms with Crippen LogP contribution in [-0.4, -0.2) is 16.4 Å². The van der Waals surface area contributed by atoms with E-state index < -0.39 is 5.54 Å². The van der Waals surface area contributed by atoms with Crippen molar-refractivity contribution in [2.45, 2.75) is 25.8 Å². The van der Waals surface area contributed by atoms with Crippen LogP contribution in [0.3, 0.4) is 0 Å². The number of anilines is 1. The predicted octanol–water partition coefficient (Wildman–Crippen LogP) is 2.41. The van der Waals surface area contributed by atoms with Crippen LogP contribution < -0.4 is 11.1 Å². The highest BCUT2D eigenvalue weighted by Gasteiger charge is 2.16. The molecule has 0 unspecified atom stereocenters. The van der Waals surface area contributed by atoms with Gasteiger partial charge in [0.25, 0.3) is 0 Å². The number of nitrogens with one attached hydrogen (secondary N) is 1. The summed E-state index contributed by atoms with van der Waals surface area (Å²) >= 11 is 0. The zero-order valence-electron chi connectivity index (χ0n) is 11.0. The molecule has 0 saturated heterocycles. The van der Waals surface area contributed by atoms with Crippen molar-refractivity contribution >= 4 is 11.6 Å². The first kappa shape index (κ1) is 13.3. The van der Waals surface area contributed by atoms with Crippen LogP contribution in [0.2, 0.25) is 0 Å². The monoisotopic (exact) mass is 259 g/mol. The van der Waals surface area contributed by atoms with E-state index in [0.717, 1.165) is 5.56 Å². The third kappa shape index (κ3) is 3.93. The van der Waals surface area contributed by atoms with Gasteiger partial charge in [-0.05, 0) is 26.0 Å². The first-order chi connectivity index (χ1) is 8.94. The van der Waals surface area contributed by atoms with Gasteiger partial charge in [-0.25, -0.2) is 4.98 Å². The average molecular weight is 259 g/mol. The molecular weight excluding hydrogens is 242 g/mol. The maximum atomic E-state index is 11.8. The molecule has 0 radical (unpaired) electrons. The van der Waals surface area contributed by atoms with Crippen LogP contribution in [0, 0.1) is 0 Å². The lowest BCUT2D eigenvalue weighted by Crippen LogP contribution is -2.36. The van der Waals surface area contributed by atoms with Crippen molar-refractivity contribution in [3.8, 4) is 11.3 Å². The van der Waals surface area contributed by atoms with E-state index >= 15 is 0 Å². The highest BCUT2D eigenvalue weighted by Crippen LogP contribution is 2.22. The van der Waals surface area contributed by atoms with Crippen LogP contribution in [0.4, 0.5) is 5.69 Å². The molecule has 100 valence electrons. The first-order valence-corrected chi connectivity index (χ1v) is 6.02. The summed E-state index contributed by atoms with van der Waals surface area (Å²) in [4.78, 5) is 15.7. The third-order valence-corrected chi connectivity index (χ3v) is 2.48. The maximum Gasteiger partial charge on any atom is 0.226 e. The van der Waals surface area contributed by atoms with Crippen molar-refractivity contribution in [1.29, 1.82) is 0 Å². The van der Waals surface area contributed by atoms with Crippen LogP contribution in [-0.2, 0) is 4.79 Å². The zero-order chi connectivity index (χ0) is 13.9. The van der Waals surface area contributed by atoms with Gasteiger partial charge in [-0.1, -0.05) is 12.1 Å². The molecule has 3 N–H and O–H groups in total. The fourth-order valence-corrected chi connectivity index (χ4v) is 1.73. The van der Waals surface area contributed by atoms with E-state index in [1.807, 2.05) is 38.1 Å². The average Bonchev–Trinajstić information content (AvgIpc) is 2.79. The lowest BCUT2D eigenvalue weighted by Gasteiger charge is -2.17. The fraction of sp³-hybridized carbons (Fsp3) is 0.286. The second-order valence-corrected chi connectivity index (χ2v) is 5.16. The third-order valence-electron chi connectivity index (χ3n) is 2.48. The number of aromatic nitrogens is 1. The Balaban J connectivity index is 2.10. The van der Waals surface area contributed by atoms with E-state index in [4.69, 9.17) is 10.2 Å². The molecule has 0 saturated carbocycles. The number of carbonyl (C=O) groups excluding carboxylic acids is 1. The van der Waals surface area contributed by atoms with Crippen LogP contribution in [0.5, 0.6) is 0 Å². The van der Waals surface area contributed by atoms with E-state index in [2.05, 4.69) is 10.3 Å². The molecule has 5 heteroatoms. The Bertz CT molecular complexity index is 556. The number of rotatable bonds is 4. The number of benzene rings is 1. The largest absolute Gasteiger partial charge is 0.444 e. The van der Waals surface area contributed by atoms with Gasteiger partial charge in [0.15, 0.2) is 12.2 Å². The van der Waals surface area contributed by atoms with Gasteiger partial charge in [-0.3, -0.25) is 4.79 Å². The minimum atomic E-state index is -0.521. The quantitative estimate of drug-likeness (QED) is 0.883. The zero-order valence-corrected chi connectivity index (χ0v) is 11.0. The molecular formula is C14H17N3O2. The number of hydrogen-bond donors (Lipinski definition) is 2. The van der Waals surface area contributed by atoms with E-state index in [9.17, 15) is 4.79 Å². The molecule has 0 bridgehead atoms. The number of hydrogen-bond acceptors (Lipinski definition) is 4. The summed E-state index contributed by atoms with van der Waals surface area (Å²) in [5.41, 5.74) is 6.87. The number of carbonyl (C=O) groups is 1. The van der Waals surface area contributed by atoms with Crippen molar-refractivity contribution in [1.82, 2.24) is 4.98 Å². The number of nitrogens with zero attached hydrogens (tertiary/aromatic N) is 1. The summed E-state index contributed by atoms with van der Waals surface area (Å²) in [5, 5.41) is 2.82. The second kappa shape index (κ2) is 5.24. The Hall–Kier alpha value is -2.14. The minimum Gasteiger partial charge on any atom is -0.444 e. The standard InChI is InChI=1S/C14H17N3O2/c1-14(2,15)7-13(18)17-11-5-3-4-10(6-11)12-8-16-9-19-12/h3-6,8-9H,7,15H2,1-2H3,(H,17,18). The van der Waals surface area contributed by atoms with Crippen molar-refractivity contribution in [2.24, 2.45) is 5.73 Å². The molecule has 0 fully saturated rings. The van der Waals surface area contributed by atoms with Crippen molar-refractivity contribution in [3.63, 3.8) is 0 Å². The molecule has 1 amide bonds. The summed E-state index contributed by atoms with van der Waals surface area (Å²) < 4.78 is 5.22. The molecule has 19 heavy (non-hydrogen) atoms. The van der Waals surface area contributed by atoms with E-state index in [1.54, 1.807) is 6.20 Å². The van der Waals surface area contributed by atoms with Gasteiger partial charge in [-0.2, -0.15) is 0 Å². The van der Waals surface area contributed by atoms with Crippen molar-refractivity contribution in [2.75, 3.05) is 5.32 Å². The topological polar surface area (TPSA) is 81.2 Å². The molecule has 0 aliphatic heterocycles. The molecule has 2 aromatic rings. The van der Waals surface area contributed by atoms with Gasteiger partial charge >= 0.3 is 0 Å². The normalized spacial score (nSPS) is 11.3. The molecule has 0 spiro atoms. The van der Waals surface area contributed by atoms with Crippen LogP contribution in [0.1, 0.15) is 20.3 Å². The number of oxazole rings is 1. The maximum absolute atomic E-state index is 11.8. The molecule has 1 aromatic carbocycles. The second-order valence-electron chi connectivity index (χ2n) is 5.16.